The van der Waals surface area contributed by atoms with Crippen molar-refractivity contribution in [3.8, 4) is 0 Å². The van der Waals surface area contributed by atoms with Crippen molar-refractivity contribution in [2.45, 2.75) is 33.2 Å². The van der Waals surface area contributed by atoms with Crippen molar-refractivity contribution in [1.29, 1.82) is 0 Å². The summed E-state index contributed by atoms with van der Waals surface area (Å²) in [6.07, 6.45) is 2.32. The second-order valence-electron chi connectivity index (χ2n) is 4.72. The minimum atomic E-state index is -3.19. The van der Waals surface area contributed by atoms with Crippen molar-refractivity contribution in [2.24, 2.45) is 0 Å². The van der Waals surface area contributed by atoms with Crippen LogP contribution in [0.5, 0.6) is 0 Å². The fourth-order valence-electron chi connectivity index (χ4n) is 2.05. The van der Waals surface area contributed by atoms with Crippen LogP contribution in [0.3, 0.4) is 0 Å². The first kappa shape index (κ1) is 14.2. The van der Waals surface area contributed by atoms with Crippen LogP contribution in [-0.2, 0) is 16.6 Å². The van der Waals surface area contributed by atoms with E-state index in [1.165, 1.54) is 0 Å². The first-order chi connectivity index (χ1) is 9.00. The second kappa shape index (κ2) is 5.83. The van der Waals surface area contributed by atoms with Crippen molar-refractivity contribution in [1.82, 2.24) is 14.7 Å². The maximum Gasteiger partial charge on any atom is 0.225 e. The third kappa shape index (κ3) is 3.87. The van der Waals surface area contributed by atoms with Crippen molar-refractivity contribution < 1.29 is 8.42 Å². The summed E-state index contributed by atoms with van der Waals surface area (Å²) in [4.78, 5) is 11.0. The molecule has 0 amide bonds. The van der Waals surface area contributed by atoms with Gasteiger partial charge in [-0.05, 0) is 32.8 Å². The molecule has 1 saturated heterocycles. The summed E-state index contributed by atoms with van der Waals surface area (Å²) >= 11 is 0. The highest BCUT2D eigenvalue weighted by molar-refractivity contribution is 7.89. The summed E-state index contributed by atoms with van der Waals surface area (Å²) in [7, 11) is -3.19. The molecule has 0 unspecified atom stereocenters. The molecule has 0 radical (unpaired) electrons. The summed E-state index contributed by atoms with van der Waals surface area (Å²) in [6, 6.07) is 1.82. The van der Waals surface area contributed by atoms with Crippen LogP contribution >= 0.6 is 0 Å². The Hall–Kier alpha value is -1.21. The molecule has 0 aliphatic carbocycles. The van der Waals surface area contributed by atoms with Gasteiger partial charge in [0.2, 0.25) is 16.0 Å². The quantitative estimate of drug-likeness (QED) is 0.866. The van der Waals surface area contributed by atoms with Gasteiger partial charge in [0.05, 0.1) is 18.0 Å². The van der Waals surface area contributed by atoms with Crippen molar-refractivity contribution >= 4 is 16.0 Å². The highest BCUT2D eigenvalue weighted by Crippen LogP contribution is 2.16. The molecule has 1 fully saturated rings. The van der Waals surface area contributed by atoms with Gasteiger partial charge in [-0.15, -0.1) is 0 Å². The van der Waals surface area contributed by atoms with Crippen LogP contribution in [-0.4, -0.2) is 37.2 Å². The van der Waals surface area contributed by atoms with E-state index in [0.29, 0.717) is 11.6 Å². The maximum absolute atomic E-state index is 11.4. The minimum absolute atomic E-state index is 0.0794. The van der Waals surface area contributed by atoms with Gasteiger partial charge in [0, 0.05) is 18.8 Å². The van der Waals surface area contributed by atoms with Gasteiger partial charge >= 0.3 is 0 Å². The third-order valence-electron chi connectivity index (χ3n) is 3.14. The van der Waals surface area contributed by atoms with Gasteiger partial charge in [0.1, 0.15) is 0 Å². The van der Waals surface area contributed by atoms with Crippen molar-refractivity contribution in [3.63, 3.8) is 0 Å². The van der Waals surface area contributed by atoms with E-state index >= 15 is 0 Å². The molecule has 0 saturated carbocycles. The summed E-state index contributed by atoms with van der Waals surface area (Å²) in [5.41, 5.74) is 1.58. The number of nitrogens with zero attached hydrogens (tertiary/aromatic N) is 3. The van der Waals surface area contributed by atoms with Crippen LogP contribution in [0.25, 0.3) is 0 Å². The average Bonchev–Trinajstić information content (AvgIpc) is 2.90. The van der Waals surface area contributed by atoms with E-state index in [2.05, 4.69) is 19.6 Å². The number of hydrogen-bond donors (Lipinski definition) is 1. The fourth-order valence-corrected chi connectivity index (χ4v) is 2.62. The lowest BCUT2D eigenvalue weighted by atomic mass is 10.3. The Morgan fingerprint density at radius 2 is 2.00 bits per heavy atom. The molecule has 0 atom stereocenters. The monoisotopic (exact) mass is 284 g/mol. The van der Waals surface area contributed by atoms with Crippen LogP contribution in [0.15, 0.2) is 6.07 Å². The van der Waals surface area contributed by atoms with Gasteiger partial charge in [-0.3, -0.25) is 0 Å². The average molecular weight is 284 g/mol. The number of nitrogens with one attached hydrogen (secondary N) is 1. The summed E-state index contributed by atoms with van der Waals surface area (Å²) in [5.74, 6) is 0.791. The van der Waals surface area contributed by atoms with Crippen LogP contribution in [0.1, 0.15) is 31.2 Å². The highest BCUT2D eigenvalue weighted by atomic mass is 32.2. The summed E-state index contributed by atoms with van der Waals surface area (Å²) in [5, 5.41) is 0. The molecule has 1 aromatic heterocycles. The number of rotatable bonds is 5. The topological polar surface area (TPSA) is 75.2 Å². The molecular formula is C12H20N4O2S. The predicted octanol–water partition coefficient (Wildman–Crippen LogP) is 0.825. The Morgan fingerprint density at radius 3 is 2.63 bits per heavy atom. The van der Waals surface area contributed by atoms with E-state index in [9.17, 15) is 8.42 Å². The molecule has 0 spiro atoms. The van der Waals surface area contributed by atoms with E-state index in [1.807, 2.05) is 13.0 Å². The largest absolute Gasteiger partial charge is 0.341 e. The number of hydrogen-bond acceptors (Lipinski definition) is 5. The molecule has 2 heterocycles. The molecule has 1 N–H and O–H groups in total. The zero-order valence-corrected chi connectivity index (χ0v) is 12.2. The van der Waals surface area contributed by atoms with Crippen LogP contribution < -0.4 is 9.62 Å². The van der Waals surface area contributed by atoms with Gasteiger partial charge in [0.25, 0.3) is 0 Å². The first-order valence-electron chi connectivity index (χ1n) is 6.57. The molecule has 106 valence electrons. The zero-order chi connectivity index (χ0) is 13.9. The van der Waals surface area contributed by atoms with Crippen LogP contribution in [0.2, 0.25) is 0 Å². The lowest BCUT2D eigenvalue weighted by Gasteiger charge is -2.16. The number of sulfonamides is 1. The number of aryl methyl sites for hydroxylation is 1. The van der Waals surface area contributed by atoms with Crippen molar-refractivity contribution in [2.75, 3.05) is 23.7 Å². The Balaban J connectivity index is 2.12. The zero-order valence-electron chi connectivity index (χ0n) is 11.4. The maximum atomic E-state index is 11.4. The molecule has 7 heteroatoms. The van der Waals surface area contributed by atoms with Gasteiger partial charge in [-0.25, -0.2) is 23.1 Å². The minimum Gasteiger partial charge on any atom is -0.341 e. The number of anilines is 1. The fraction of sp³-hybridized carbons (Fsp3) is 0.667. The molecule has 0 bridgehead atoms. The normalized spacial score (nSPS) is 16.0. The van der Waals surface area contributed by atoms with E-state index in [4.69, 9.17) is 0 Å². The molecule has 2 rings (SSSR count). The molecule has 1 aromatic rings. The van der Waals surface area contributed by atoms with E-state index in [1.54, 1.807) is 6.92 Å². The molecule has 19 heavy (non-hydrogen) atoms. The van der Waals surface area contributed by atoms with Gasteiger partial charge in [-0.1, -0.05) is 0 Å². The standard InChI is InChI=1S/C12H20N4O2S/c1-3-19(17,18)13-9-11-8-10(2)14-12(15-11)16-6-4-5-7-16/h8,13H,3-7,9H2,1-2H3. The SMILES string of the molecule is CCS(=O)(=O)NCc1cc(C)nc(N2CCCC2)n1. The van der Waals surface area contributed by atoms with E-state index < -0.39 is 10.0 Å². The molecule has 1 aliphatic heterocycles. The summed E-state index contributed by atoms with van der Waals surface area (Å²) in [6.45, 7) is 5.69. The lowest BCUT2D eigenvalue weighted by Crippen LogP contribution is -2.26. The summed E-state index contributed by atoms with van der Waals surface area (Å²) < 4.78 is 25.4. The lowest BCUT2D eigenvalue weighted by molar-refractivity contribution is 0.581. The Labute approximate surface area is 114 Å². The molecule has 6 nitrogen and oxygen atoms in total. The smallest absolute Gasteiger partial charge is 0.225 e. The van der Waals surface area contributed by atoms with E-state index in [-0.39, 0.29) is 12.3 Å². The van der Waals surface area contributed by atoms with Crippen molar-refractivity contribution in [3.05, 3.63) is 17.5 Å². The van der Waals surface area contributed by atoms with Gasteiger partial charge in [0.15, 0.2) is 0 Å². The molecule has 0 aromatic carbocycles. The third-order valence-corrected chi connectivity index (χ3v) is 4.48. The van der Waals surface area contributed by atoms with Crippen LogP contribution in [0.4, 0.5) is 5.95 Å². The molecule has 1 aliphatic rings. The Morgan fingerprint density at radius 1 is 1.32 bits per heavy atom. The first-order valence-corrected chi connectivity index (χ1v) is 8.22. The Bertz CT molecular complexity index is 539. The Kier molecular flexibility index (Phi) is 4.36. The highest BCUT2D eigenvalue weighted by Gasteiger charge is 2.16. The number of aromatic nitrogens is 2. The van der Waals surface area contributed by atoms with E-state index in [0.717, 1.165) is 31.6 Å². The predicted molar refractivity (Wildman–Crippen MR) is 74.5 cm³/mol. The molecular weight excluding hydrogens is 264 g/mol. The van der Waals surface area contributed by atoms with Gasteiger partial charge in [-0.2, -0.15) is 0 Å². The van der Waals surface area contributed by atoms with Gasteiger partial charge < -0.3 is 4.90 Å². The second-order valence-corrected chi connectivity index (χ2v) is 6.81. The van der Waals surface area contributed by atoms with Crippen LogP contribution in [0, 0.1) is 6.92 Å².